The minimum atomic E-state index is -0.736. The van der Waals surface area contributed by atoms with Crippen LogP contribution in [0.25, 0.3) is 5.69 Å². The molecule has 0 unspecified atom stereocenters. The summed E-state index contributed by atoms with van der Waals surface area (Å²) in [5.41, 5.74) is 2.22. The summed E-state index contributed by atoms with van der Waals surface area (Å²) >= 11 is 0. The number of carbonyl (C=O) groups is 1. The van der Waals surface area contributed by atoms with Gasteiger partial charge in [0.25, 0.3) is 0 Å². The largest absolute Gasteiger partial charge is 0.481 e. The maximum absolute atomic E-state index is 10.4. The molecule has 4 nitrogen and oxygen atoms in total. The molecule has 0 bridgehead atoms. The Morgan fingerprint density at radius 3 is 2.56 bits per heavy atom. The molecular formula is C13H15ClN2O2. The summed E-state index contributed by atoms with van der Waals surface area (Å²) < 4.78 is 1.93. The van der Waals surface area contributed by atoms with Crippen molar-refractivity contribution in [2.45, 2.75) is 19.3 Å². The summed E-state index contributed by atoms with van der Waals surface area (Å²) in [6.07, 6.45) is 7.08. The van der Waals surface area contributed by atoms with Crippen LogP contribution in [0.2, 0.25) is 0 Å². The Morgan fingerprint density at radius 1 is 1.28 bits per heavy atom. The quantitative estimate of drug-likeness (QED) is 0.905. The predicted molar refractivity (Wildman–Crippen MR) is 71.4 cm³/mol. The molecule has 0 aliphatic rings. The number of halogens is 1. The Labute approximate surface area is 112 Å². The lowest BCUT2D eigenvalue weighted by Gasteiger charge is -2.04. The van der Waals surface area contributed by atoms with Crippen LogP contribution in [0.4, 0.5) is 0 Å². The van der Waals surface area contributed by atoms with Crippen LogP contribution in [0, 0.1) is 0 Å². The van der Waals surface area contributed by atoms with Crippen molar-refractivity contribution < 1.29 is 9.90 Å². The monoisotopic (exact) mass is 266 g/mol. The van der Waals surface area contributed by atoms with Gasteiger partial charge in [0.1, 0.15) is 0 Å². The van der Waals surface area contributed by atoms with E-state index in [1.807, 2.05) is 35.0 Å². The van der Waals surface area contributed by atoms with E-state index in [4.69, 9.17) is 5.11 Å². The maximum atomic E-state index is 10.4. The highest BCUT2D eigenvalue weighted by Gasteiger charge is 1.99. The molecule has 0 radical (unpaired) electrons. The Bertz CT molecular complexity index is 480. The third kappa shape index (κ3) is 3.89. The van der Waals surface area contributed by atoms with E-state index in [0.717, 1.165) is 17.7 Å². The summed E-state index contributed by atoms with van der Waals surface area (Å²) in [6.45, 7) is 0. The third-order valence-electron chi connectivity index (χ3n) is 2.59. The number of carboxylic acids is 1. The normalized spacial score (nSPS) is 9.78. The molecule has 96 valence electrons. The summed E-state index contributed by atoms with van der Waals surface area (Å²) in [4.78, 5) is 14.4. The van der Waals surface area contributed by atoms with Gasteiger partial charge in [-0.25, -0.2) is 4.98 Å². The van der Waals surface area contributed by atoms with Gasteiger partial charge in [-0.2, -0.15) is 0 Å². The highest BCUT2D eigenvalue weighted by molar-refractivity contribution is 5.85. The van der Waals surface area contributed by atoms with E-state index in [-0.39, 0.29) is 18.8 Å². The highest BCUT2D eigenvalue weighted by atomic mass is 35.5. The Balaban J connectivity index is 0.00000162. The van der Waals surface area contributed by atoms with Crippen LogP contribution in [-0.2, 0) is 11.2 Å². The van der Waals surface area contributed by atoms with E-state index < -0.39 is 5.97 Å². The molecule has 0 aliphatic carbocycles. The molecule has 18 heavy (non-hydrogen) atoms. The van der Waals surface area contributed by atoms with Crippen molar-refractivity contribution in [3.63, 3.8) is 0 Å². The Hall–Kier alpha value is -1.81. The molecule has 1 heterocycles. The second kappa shape index (κ2) is 6.81. The molecule has 2 aromatic rings. The molecule has 0 aliphatic heterocycles. The van der Waals surface area contributed by atoms with Gasteiger partial charge in [-0.05, 0) is 30.5 Å². The first-order valence-electron chi connectivity index (χ1n) is 5.55. The van der Waals surface area contributed by atoms with Gasteiger partial charge >= 0.3 is 5.97 Å². The fourth-order valence-electron chi connectivity index (χ4n) is 1.69. The van der Waals surface area contributed by atoms with Crippen molar-refractivity contribution in [1.82, 2.24) is 9.55 Å². The van der Waals surface area contributed by atoms with Gasteiger partial charge < -0.3 is 9.67 Å². The fraction of sp³-hybridized carbons (Fsp3) is 0.231. The van der Waals surface area contributed by atoms with Crippen LogP contribution >= 0.6 is 12.4 Å². The number of benzene rings is 1. The SMILES string of the molecule is Cl.O=C(O)CCCc1ccc(-n2ccnc2)cc1. The number of aromatic nitrogens is 2. The van der Waals surface area contributed by atoms with Gasteiger partial charge in [-0.3, -0.25) is 4.79 Å². The van der Waals surface area contributed by atoms with Crippen LogP contribution in [0.5, 0.6) is 0 Å². The number of imidazole rings is 1. The zero-order valence-corrected chi connectivity index (χ0v) is 10.6. The standard InChI is InChI=1S/C13H14N2O2.ClH/c16-13(17)3-1-2-11-4-6-12(7-5-11)15-9-8-14-10-15;/h4-10H,1-3H2,(H,16,17);1H. The van der Waals surface area contributed by atoms with E-state index in [1.165, 1.54) is 0 Å². The van der Waals surface area contributed by atoms with Gasteiger partial charge in [0.2, 0.25) is 0 Å². The molecule has 1 aromatic heterocycles. The second-order valence-electron chi connectivity index (χ2n) is 3.88. The smallest absolute Gasteiger partial charge is 0.303 e. The molecule has 0 saturated heterocycles. The average Bonchev–Trinajstić information content (AvgIpc) is 2.83. The summed E-state index contributed by atoms with van der Waals surface area (Å²) in [6, 6.07) is 8.07. The summed E-state index contributed by atoms with van der Waals surface area (Å²) in [7, 11) is 0. The molecule has 0 amide bonds. The van der Waals surface area contributed by atoms with Crippen molar-refractivity contribution in [2.75, 3.05) is 0 Å². The van der Waals surface area contributed by atoms with Crippen LogP contribution in [0.1, 0.15) is 18.4 Å². The topological polar surface area (TPSA) is 55.1 Å². The van der Waals surface area contributed by atoms with Gasteiger partial charge in [-0.15, -0.1) is 12.4 Å². The van der Waals surface area contributed by atoms with Crippen molar-refractivity contribution in [1.29, 1.82) is 0 Å². The first kappa shape index (κ1) is 14.3. The van der Waals surface area contributed by atoms with E-state index in [0.29, 0.717) is 6.42 Å². The van der Waals surface area contributed by atoms with E-state index in [2.05, 4.69) is 4.98 Å². The average molecular weight is 267 g/mol. The van der Waals surface area contributed by atoms with Gasteiger partial charge in [-0.1, -0.05) is 12.1 Å². The van der Waals surface area contributed by atoms with Crippen molar-refractivity contribution in [2.24, 2.45) is 0 Å². The molecule has 2 rings (SSSR count). The molecular weight excluding hydrogens is 252 g/mol. The van der Waals surface area contributed by atoms with E-state index in [9.17, 15) is 4.79 Å². The lowest BCUT2D eigenvalue weighted by Crippen LogP contribution is -1.96. The fourth-order valence-corrected chi connectivity index (χ4v) is 1.69. The number of aryl methyl sites for hydroxylation is 1. The first-order valence-corrected chi connectivity index (χ1v) is 5.55. The lowest BCUT2D eigenvalue weighted by molar-refractivity contribution is -0.137. The van der Waals surface area contributed by atoms with Crippen LogP contribution in [0.15, 0.2) is 43.0 Å². The molecule has 1 aromatic carbocycles. The van der Waals surface area contributed by atoms with Crippen LogP contribution < -0.4 is 0 Å². The van der Waals surface area contributed by atoms with Crippen molar-refractivity contribution >= 4 is 18.4 Å². The van der Waals surface area contributed by atoms with E-state index >= 15 is 0 Å². The molecule has 5 heteroatoms. The number of aliphatic carboxylic acids is 1. The number of nitrogens with zero attached hydrogens (tertiary/aromatic N) is 2. The zero-order valence-electron chi connectivity index (χ0n) is 9.82. The second-order valence-corrected chi connectivity index (χ2v) is 3.88. The number of hydrogen-bond donors (Lipinski definition) is 1. The Morgan fingerprint density at radius 2 is 2.00 bits per heavy atom. The molecule has 0 fully saturated rings. The molecule has 0 atom stereocenters. The number of carboxylic acid groups (broad SMARTS) is 1. The maximum Gasteiger partial charge on any atom is 0.303 e. The van der Waals surface area contributed by atoms with Crippen molar-refractivity contribution in [3.8, 4) is 5.69 Å². The minimum Gasteiger partial charge on any atom is -0.481 e. The van der Waals surface area contributed by atoms with Crippen molar-refractivity contribution in [3.05, 3.63) is 48.5 Å². The third-order valence-corrected chi connectivity index (χ3v) is 2.59. The van der Waals surface area contributed by atoms with Crippen LogP contribution in [0.3, 0.4) is 0 Å². The molecule has 1 N–H and O–H groups in total. The lowest BCUT2D eigenvalue weighted by atomic mass is 10.1. The van der Waals surface area contributed by atoms with Crippen LogP contribution in [-0.4, -0.2) is 20.6 Å². The minimum absolute atomic E-state index is 0. The number of hydrogen-bond acceptors (Lipinski definition) is 2. The van der Waals surface area contributed by atoms with Gasteiger partial charge in [0.15, 0.2) is 0 Å². The zero-order chi connectivity index (χ0) is 12.1. The molecule has 0 saturated carbocycles. The van der Waals surface area contributed by atoms with Gasteiger partial charge in [0.05, 0.1) is 6.33 Å². The van der Waals surface area contributed by atoms with Gasteiger partial charge in [0, 0.05) is 24.5 Å². The molecule has 0 spiro atoms. The highest BCUT2D eigenvalue weighted by Crippen LogP contribution is 2.11. The predicted octanol–water partition coefficient (Wildman–Crippen LogP) is 2.70. The first-order chi connectivity index (χ1) is 8.25. The van der Waals surface area contributed by atoms with E-state index in [1.54, 1.807) is 12.5 Å². The number of rotatable bonds is 5. The Kier molecular flexibility index (Phi) is 5.39. The summed E-state index contributed by atoms with van der Waals surface area (Å²) in [5, 5.41) is 8.55. The summed E-state index contributed by atoms with van der Waals surface area (Å²) in [5.74, 6) is -0.736.